The van der Waals surface area contributed by atoms with Gasteiger partial charge in [0.1, 0.15) is 5.65 Å². The van der Waals surface area contributed by atoms with Gasteiger partial charge in [-0.3, -0.25) is 4.79 Å². The monoisotopic (exact) mass is 465 g/mol. The van der Waals surface area contributed by atoms with Crippen molar-refractivity contribution in [3.05, 3.63) is 80.2 Å². The Morgan fingerprint density at radius 3 is 2.62 bits per heavy atom. The third-order valence-corrected chi connectivity index (χ3v) is 6.44. The van der Waals surface area contributed by atoms with E-state index in [1.165, 1.54) is 11.1 Å². The molecule has 1 N–H and O–H groups in total. The van der Waals surface area contributed by atoms with Crippen molar-refractivity contribution in [3.63, 3.8) is 0 Å². The van der Waals surface area contributed by atoms with Crippen LogP contribution in [0.3, 0.4) is 0 Å². The Balaban J connectivity index is 1.53. The summed E-state index contributed by atoms with van der Waals surface area (Å²) in [5, 5.41) is 4.52. The number of anilines is 2. The van der Waals surface area contributed by atoms with Gasteiger partial charge in [0, 0.05) is 49.3 Å². The SMILES string of the molecule is CN1CCc2cc(Nc3ncc4c(=O)c(-c5c(Cl)cccc5Cl)cn(C)c4n3)ccc2C1. The zero-order chi connectivity index (χ0) is 22.4. The Morgan fingerprint density at radius 1 is 1.06 bits per heavy atom. The van der Waals surface area contributed by atoms with Crippen LogP contribution in [-0.4, -0.2) is 33.0 Å². The molecule has 8 heteroatoms. The third kappa shape index (κ3) is 3.75. The van der Waals surface area contributed by atoms with Gasteiger partial charge in [0.2, 0.25) is 11.4 Å². The molecule has 32 heavy (non-hydrogen) atoms. The fraction of sp³-hybridized carbons (Fsp3) is 0.208. The first-order chi connectivity index (χ1) is 15.4. The lowest BCUT2D eigenvalue weighted by Gasteiger charge is -2.25. The largest absolute Gasteiger partial charge is 0.335 e. The van der Waals surface area contributed by atoms with Crippen molar-refractivity contribution in [2.75, 3.05) is 18.9 Å². The van der Waals surface area contributed by atoms with Crippen molar-refractivity contribution in [1.29, 1.82) is 0 Å². The molecule has 2 aromatic heterocycles. The number of hydrogen-bond acceptors (Lipinski definition) is 5. The fourth-order valence-electron chi connectivity index (χ4n) is 4.15. The van der Waals surface area contributed by atoms with E-state index in [1.807, 2.05) is 13.1 Å². The number of benzene rings is 2. The molecule has 4 aromatic rings. The summed E-state index contributed by atoms with van der Waals surface area (Å²) in [5.41, 5.74) is 4.85. The van der Waals surface area contributed by atoms with Crippen LogP contribution in [-0.2, 0) is 20.0 Å². The minimum absolute atomic E-state index is 0.211. The summed E-state index contributed by atoms with van der Waals surface area (Å²) in [5.74, 6) is 0.434. The van der Waals surface area contributed by atoms with Crippen LogP contribution in [0.15, 0.2) is 53.6 Å². The number of aromatic nitrogens is 3. The average molecular weight is 466 g/mol. The predicted octanol–water partition coefficient (Wildman–Crippen LogP) is 5.03. The number of halogens is 2. The average Bonchev–Trinajstić information content (AvgIpc) is 2.77. The maximum Gasteiger partial charge on any atom is 0.229 e. The minimum Gasteiger partial charge on any atom is -0.335 e. The Morgan fingerprint density at radius 2 is 1.84 bits per heavy atom. The molecule has 0 amide bonds. The van der Waals surface area contributed by atoms with Crippen molar-refractivity contribution in [2.24, 2.45) is 7.05 Å². The predicted molar refractivity (Wildman–Crippen MR) is 130 cm³/mol. The quantitative estimate of drug-likeness (QED) is 0.459. The van der Waals surface area contributed by atoms with Gasteiger partial charge in [-0.25, -0.2) is 4.98 Å². The molecule has 1 aliphatic rings. The molecule has 0 aliphatic carbocycles. The van der Waals surface area contributed by atoms with Gasteiger partial charge in [-0.15, -0.1) is 0 Å². The Hall–Kier alpha value is -2.93. The number of rotatable bonds is 3. The standard InChI is InChI=1S/C24H21Cl2N5O/c1-30-9-8-14-10-16(7-6-15(14)12-30)28-24-27-11-17-22(32)18(13-31(2)23(17)29-24)21-19(25)4-3-5-20(21)26/h3-7,10-11,13H,8-9,12H2,1-2H3,(H,27,28,29). The normalized spacial score (nSPS) is 13.9. The van der Waals surface area contributed by atoms with Crippen LogP contribution in [0, 0.1) is 0 Å². The molecule has 1 aliphatic heterocycles. The summed E-state index contributed by atoms with van der Waals surface area (Å²) >= 11 is 12.7. The highest BCUT2D eigenvalue weighted by molar-refractivity contribution is 6.39. The van der Waals surface area contributed by atoms with E-state index in [0.29, 0.717) is 38.2 Å². The lowest BCUT2D eigenvalue weighted by molar-refractivity contribution is 0.313. The van der Waals surface area contributed by atoms with Gasteiger partial charge in [0.15, 0.2) is 0 Å². The van der Waals surface area contributed by atoms with Gasteiger partial charge in [-0.1, -0.05) is 35.3 Å². The van der Waals surface area contributed by atoms with Gasteiger partial charge in [-0.05, 0) is 48.9 Å². The number of hydrogen-bond donors (Lipinski definition) is 1. The zero-order valence-electron chi connectivity index (χ0n) is 17.7. The molecule has 2 aromatic carbocycles. The van der Waals surface area contributed by atoms with E-state index >= 15 is 0 Å². The molecule has 0 spiro atoms. The van der Waals surface area contributed by atoms with Crippen molar-refractivity contribution in [3.8, 4) is 11.1 Å². The van der Waals surface area contributed by atoms with Gasteiger partial charge >= 0.3 is 0 Å². The summed E-state index contributed by atoms with van der Waals surface area (Å²) in [6.45, 7) is 2.00. The van der Waals surface area contributed by atoms with Crippen LogP contribution in [0.1, 0.15) is 11.1 Å². The number of pyridine rings is 1. The molecule has 0 atom stereocenters. The Bertz CT molecular complexity index is 1400. The van der Waals surface area contributed by atoms with E-state index in [1.54, 1.807) is 35.2 Å². The van der Waals surface area contributed by atoms with Crippen molar-refractivity contribution < 1.29 is 0 Å². The van der Waals surface area contributed by atoms with Gasteiger partial charge in [0.05, 0.1) is 15.4 Å². The lowest BCUT2D eigenvalue weighted by Crippen LogP contribution is -2.26. The summed E-state index contributed by atoms with van der Waals surface area (Å²) in [6, 6.07) is 11.5. The van der Waals surface area contributed by atoms with Gasteiger partial charge in [-0.2, -0.15) is 4.98 Å². The van der Waals surface area contributed by atoms with E-state index in [-0.39, 0.29) is 5.43 Å². The van der Waals surface area contributed by atoms with Crippen molar-refractivity contribution >= 4 is 45.9 Å². The second kappa shape index (κ2) is 8.20. The smallest absolute Gasteiger partial charge is 0.229 e. The molecular weight excluding hydrogens is 445 g/mol. The number of aryl methyl sites for hydroxylation is 1. The zero-order valence-corrected chi connectivity index (χ0v) is 19.2. The molecule has 162 valence electrons. The number of likely N-dealkylation sites (N-methyl/N-ethyl adjacent to an activating group) is 1. The number of nitrogens with one attached hydrogen (secondary N) is 1. The van der Waals surface area contributed by atoms with Crippen LogP contribution >= 0.6 is 23.2 Å². The lowest BCUT2D eigenvalue weighted by atomic mass is 9.99. The fourth-order valence-corrected chi connectivity index (χ4v) is 4.76. The van der Waals surface area contributed by atoms with Crippen molar-refractivity contribution in [1.82, 2.24) is 19.4 Å². The second-order valence-corrected chi connectivity index (χ2v) is 8.92. The Labute approximate surface area is 195 Å². The summed E-state index contributed by atoms with van der Waals surface area (Å²) in [7, 11) is 3.97. The molecule has 0 radical (unpaired) electrons. The molecule has 0 fully saturated rings. The maximum atomic E-state index is 13.2. The molecule has 3 heterocycles. The van der Waals surface area contributed by atoms with E-state index in [4.69, 9.17) is 23.2 Å². The van der Waals surface area contributed by atoms with E-state index < -0.39 is 0 Å². The summed E-state index contributed by atoms with van der Waals surface area (Å²) in [4.78, 5) is 24.5. The van der Waals surface area contributed by atoms with E-state index in [2.05, 4.69) is 39.4 Å². The first-order valence-corrected chi connectivity index (χ1v) is 11.0. The molecular formula is C24H21Cl2N5O. The molecule has 0 bridgehead atoms. The second-order valence-electron chi connectivity index (χ2n) is 8.11. The highest BCUT2D eigenvalue weighted by Crippen LogP contribution is 2.33. The number of fused-ring (bicyclic) bond motifs is 2. The Kier molecular flexibility index (Phi) is 5.37. The van der Waals surface area contributed by atoms with Crippen LogP contribution < -0.4 is 10.7 Å². The molecule has 0 saturated heterocycles. The van der Waals surface area contributed by atoms with Crippen LogP contribution in [0.25, 0.3) is 22.2 Å². The first-order valence-electron chi connectivity index (χ1n) is 10.3. The van der Waals surface area contributed by atoms with Gasteiger partial charge < -0.3 is 14.8 Å². The van der Waals surface area contributed by atoms with Crippen LogP contribution in [0.5, 0.6) is 0 Å². The summed E-state index contributed by atoms with van der Waals surface area (Å²) in [6.07, 6.45) is 4.28. The van der Waals surface area contributed by atoms with Crippen LogP contribution in [0.4, 0.5) is 11.6 Å². The first kappa shape index (κ1) is 20.9. The van der Waals surface area contributed by atoms with Crippen LogP contribution in [0.2, 0.25) is 10.0 Å². The van der Waals surface area contributed by atoms with Crippen molar-refractivity contribution in [2.45, 2.75) is 13.0 Å². The number of nitrogens with zero attached hydrogens (tertiary/aromatic N) is 4. The third-order valence-electron chi connectivity index (χ3n) is 5.81. The molecule has 0 unspecified atom stereocenters. The minimum atomic E-state index is -0.211. The summed E-state index contributed by atoms with van der Waals surface area (Å²) < 4.78 is 1.79. The van der Waals surface area contributed by atoms with E-state index in [0.717, 1.165) is 25.2 Å². The molecule has 6 nitrogen and oxygen atoms in total. The van der Waals surface area contributed by atoms with E-state index in [9.17, 15) is 4.79 Å². The topological polar surface area (TPSA) is 63.1 Å². The highest BCUT2D eigenvalue weighted by atomic mass is 35.5. The highest BCUT2D eigenvalue weighted by Gasteiger charge is 2.17. The van der Waals surface area contributed by atoms with Gasteiger partial charge in [0.25, 0.3) is 0 Å². The molecule has 5 rings (SSSR count). The maximum absolute atomic E-state index is 13.2. The molecule has 0 saturated carbocycles.